The van der Waals surface area contributed by atoms with Crippen molar-refractivity contribution in [2.24, 2.45) is 0 Å². The normalized spacial score (nSPS) is 11.4. The highest BCUT2D eigenvalue weighted by atomic mass is 35.7. The summed E-state index contributed by atoms with van der Waals surface area (Å²) in [6.07, 6.45) is 0.551. The molecule has 0 amide bonds. The van der Waals surface area contributed by atoms with Crippen LogP contribution in [0.4, 0.5) is 0 Å². The molecule has 0 aromatic heterocycles. The zero-order valence-corrected chi connectivity index (χ0v) is 13.3. The van der Waals surface area contributed by atoms with E-state index >= 15 is 0 Å². The van der Waals surface area contributed by atoms with E-state index in [-0.39, 0.29) is 22.1 Å². The first-order valence-electron chi connectivity index (χ1n) is 5.68. The van der Waals surface area contributed by atoms with E-state index in [0.29, 0.717) is 18.6 Å². The Kier molecular flexibility index (Phi) is 6.26. The maximum Gasteiger partial charge on any atom is 0.338 e. The van der Waals surface area contributed by atoms with Crippen LogP contribution >= 0.6 is 22.3 Å². The van der Waals surface area contributed by atoms with Crippen LogP contribution in [0.25, 0.3) is 0 Å². The van der Waals surface area contributed by atoms with Crippen LogP contribution in [0, 0.1) is 6.92 Å². The van der Waals surface area contributed by atoms with Crippen molar-refractivity contribution in [1.29, 1.82) is 0 Å². The van der Waals surface area contributed by atoms with Crippen LogP contribution in [0.2, 0.25) is 5.02 Å². The van der Waals surface area contributed by atoms with Gasteiger partial charge in [0.1, 0.15) is 4.90 Å². The molecular formula is C12H14Cl2O5S. The van der Waals surface area contributed by atoms with Gasteiger partial charge in [0.25, 0.3) is 9.05 Å². The van der Waals surface area contributed by atoms with Gasteiger partial charge in [0.05, 0.1) is 17.2 Å². The highest BCUT2D eigenvalue weighted by molar-refractivity contribution is 8.13. The minimum atomic E-state index is -4.03. The van der Waals surface area contributed by atoms with E-state index in [1.165, 1.54) is 6.07 Å². The third kappa shape index (κ3) is 4.63. The van der Waals surface area contributed by atoms with Crippen LogP contribution < -0.4 is 0 Å². The van der Waals surface area contributed by atoms with Gasteiger partial charge in [0.2, 0.25) is 0 Å². The summed E-state index contributed by atoms with van der Waals surface area (Å²) in [6, 6.07) is 2.56. The molecule has 112 valence electrons. The molecule has 0 aliphatic heterocycles. The molecule has 0 fully saturated rings. The summed E-state index contributed by atoms with van der Waals surface area (Å²) in [5.41, 5.74) is 0.515. The highest BCUT2D eigenvalue weighted by Gasteiger charge is 2.20. The average molecular weight is 341 g/mol. The Labute approximate surface area is 127 Å². The molecule has 8 heteroatoms. The van der Waals surface area contributed by atoms with E-state index in [1.54, 1.807) is 14.0 Å². The lowest BCUT2D eigenvalue weighted by atomic mass is 10.1. The summed E-state index contributed by atoms with van der Waals surface area (Å²) < 4.78 is 32.6. The van der Waals surface area contributed by atoms with Crippen LogP contribution in [-0.4, -0.2) is 34.7 Å². The Hall–Kier alpha value is -0.820. The minimum Gasteiger partial charge on any atom is -0.462 e. The van der Waals surface area contributed by atoms with E-state index in [0.717, 1.165) is 6.07 Å². The van der Waals surface area contributed by atoms with E-state index in [1.807, 2.05) is 0 Å². The molecule has 0 unspecified atom stereocenters. The molecule has 1 aromatic carbocycles. The van der Waals surface area contributed by atoms with Gasteiger partial charge in [0, 0.05) is 30.8 Å². The number of benzene rings is 1. The SMILES string of the molecule is COCCCOC(=O)c1cc(C)c(Cl)c(S(=O)(=O)Cl)c1. The fourth-order valence-electron chi connectivity index (χ4n) is 1.48. The van der Waals surface area contributed by atoms with Gasteiger partial charge < -0.3 is 9.47 Å². The first-order valence-corrected chi connectivity index (χ1v) is 8.37. The van der Waals surface area contributed by atoms with Crippen molar-refractivity contribution in [2.75, 3.05) is 20.3 Å². The number of carbonyl (C=O) groups excluding carboxylic acids is 1. The van der Waals surface area contributed by atoms with Crippen molar-refractivity contribution in [2.45, 2.75) is 18.2 Å². The first-order chi connectivity index (χ1) is 9.27. The van der Waals surface area contributed by atoms with Gasteiger partial charge in [-0.2, -0.15) is 0 Å². The maximum absolute atomic E-state index is 11.8. The van der Waals surface area contributed by atoms with Crippen LogP contribution in [0.1, 0.15) is 22.3 Å². The lowest BCUT2D eigenvalue weighted by Crippen LogP contribution is -2.09. The van der Waals surface area contributed by atoms with Gasteiger partial charge >= 0.3 is 5.97 Å². The number of hydrogen-bond acceptors (Lipinski definition) is 5. The predicted molar refractivity (Wildman–Crippen MR) is 76.0 cm³/mol. The standard InChI is InChI=1S/C12H14Cl2O5S/c1-8-6-9(12(15)19-5-3-4-18-2)7-10(11(8)13)20(14,16)17/h6-7H,3-5H2,1-2H3. The van der Waals surface area contributed by atoms with Gasteiger partial charge in [-0.15, -0.1) is 0 Å². The second-order valence-corrected chi connectivity index (χ2v) is 6.94. The van der Waals surface area contributed by atoms with E-state index in [4.69, 9.17) is 31.8 Å². The van der Waals surface area contributed by atoms with Gasteiger partial charge in [-0.05, 0) is 24.6 Å². The molecule has 1 aromatic rings. The molecule has 5 nitrogen and oxygen atoms in total. The fourth-order valence-corrected chi connectivity index (χ4v) is 3.02. The molecule has 0 atom stereocenters. The lowest BCUT2D eigenvalue weighted by Gasteiger charge is -2.09. The minimum absolute atomic E-state index is 0.00377. The zero-order chi connectivity index (χ0) is 15.3. The van der Waals surface area contributed by atoms with Gasteiger partial charge in [-0.25, -0.2) is 13.2 Å². The number of methoxy groups -OCH3 is 1. The Balaban J connectivity index is 2.97. The molecule has 0 aliphatic rings. The topological polar surface area (TPSA) is 69.7 Å². The smallest absolute Gasteiger partial charge is 0.338 e. The maximum atomic E-state index is 11.8. The summed E-state index contributed by atoms with van der Waals surface area (Å²) in [5.74, 6) is -0.637. The highest BCUT2D eigenvalue weighted by Crippen LogP contribution is 2.29. The number of aryl methyl sites for hydroxylation is 1. The molecule has 0 radical (unpaired) electrons. The monoisotopic (exact) mass is 340 g/mol. The Bertz CT molecular complexity index is 598. The number of rotatable bonds is 6. The molecular weight excluding hydrogens is 327 g/mol. The first kappa shape index (κ1) is 17.2. The molecule has 0 spiro atoms. The van der Waals surface area contributed by atoms with Crippen molar-refractivity contribution in [3.8, 4) is 0 Å². The van der Waals surface area contributed by atoms with E-state index in [9.17, 15) is 13.2 Å². The zero-order valence-electron chi connectivity index (χ0n) is 11.0. The lowest BCUT2D eigenvalue weighted by molar-refractivity contribution is 0.0468. The third-order valence-corrected chi connectivity index (χ3v) is 4.41. The molecule has 0 heterocycles. The summed E-state index contributed by atoms with van der Waals surface area (Å²) in [4.78, 5) is 11.5. The number of ether oxygens (including phenoxy) is 2. The Morgan fingerprint density at radius 1 is 1.30 bits per heavy atom. The summed E-state index contributed by atoms with van der Waals surface area (Å²) in [6.45, 7) is 2.22. The van der Waals surface area contributed by atoms with Gasteiger partial charge in [-0.3, -0.25) is 0 Å². The number of halogens is 2. The molecule has 0 saturated carbocycles. The van der Waals surface area contributed by atoms with Crippen molar-refractivity contribution in [3.05, 3.63) is 28.3 Å². The summed E-state index contributed by atoms with van der Waals surface area (Å²) >= 11 is 5.87. The average Bonchev–Trinajstić information content (AvgIpc) is 2.36. The molecule has 0 saturated heterocycles. The van der Waals surface area contributed by atoms with Crippen LogP contribution in [0.3, 0.4) is 0 Å². The van der Waals surface area contributed by atoms with Crippen molar-refractivity contribution in [3.63, 3.8) is 0 Å². The largest absolute Gasteiger partial charge is 0.462 e. The van der Waals surface area contributed by atoms with Gasteiger partial charge in [-0.1, -0.05) is 11.6 Å². The quantitative estimate of drug-likeness (QED) is 0.452. The van der Waals surface area contributed by atoms with Crippen LogP contribution in [0.15, 0.2) is 17.0 Å². The second kappa shape index (κ2) is 7.26. The molecule has 0 bridgehead atoms. The molecule has 1 rings (SSSR count). The number of esters is 1. The Morgan fingerprint density at radius 2 is 1.95 bits per heavy atom. The predicted octanol–water partition coefficient (Wildman–Crippen LogP) is 2.77. The van der Waals surface area contributed by atoms with Crippen LogP contribution in [0.5, 0.6) is 0 Å². The van der Waals surface area contributed by atoms with E-state index < -0.39 is 15.0 Å². The summed E-state index contributed by atoms with van der Waals surface area (Å²) in [7, 11) is 2.79. The van der Waals surface area contributed by atoms with Crippen molar-refractivity contribution < 1.29 is 22.7 Å². The van der Waals surface area contributed by atoms with Gasteiger partial charge in [0.15, 0.2) is 0 Å². The molecule has 20 heavy (non-hydrogen) atoms. The molecule has 0 N–H and O–H groups in total. The number of carbonyl (C=O) groups is 1. The van der Waals surface area contributed by atoms with Crippen LogP contribution in [-0.2, 0) is 18.5 Å². The van der Waals surface area contributed by atoms with E-state index in [2.05, 4.69) is 0 Å². The second-order valence-electron chi connectivity index (χ2n) is 4.03. The third-order valence-electron chi connectivity index (χ3n) is 2.45. The summed E-state index contributed by atoms with van der Waals surface area (Å²) in [5, 5.41) is -0.00377. The van der Waals surface area contributed by atoms with Crippen molar-refractivity contribution in [1.82, 2.24) is 0 Å². The number of hydrogen-bond donors (Lipinski definition) is 0. The van der Waals surface area contributed by atoms with Crippen molar-refractivity contribution >= 4 is 37.3 Å². The fraction of sp³-hybridized carbons (Fsp3) is 0.417. The Morgan fingerprint density at radius 3 is 2.50 bits per heavy atom. The molecule has 0 aliphatic carbocycles.